The minimum absolute atomic E-state index is 0.0622. The van der Waals surface area contributed by atoms with Gasteiger partial charge >= 0.3 is 6.18 Å². The summed E-state index contributed by atoms with van der Waals surface area (Å²) in [5.41, 5.74) is -0.692. The number of rotatable bonds is 5. The second-order valence-electron chi connectivity index (χ2n) is 6.93. The fourth-order valence-electron chi connectivity index (χ4n) is 3.38. The number of imidazole rings is 1. The zero-order chi connectivity index (χ0) is 24.0. The summed E-state index contributed by atoms with van der Waals surface area (Å²) in [6.07, 6.45) is 1.94. The van der Waals surface area contributed by atoms with Crippen LogP contribution in [0.4, 0.5) is 18.9 Å². The molecule has 5 aromatic rings. The molecule has 0 amide bonds. The third-order valence-corrected chi connectivity index (χ3v) is 5.32. The van der Waals surface area contributed by atoms with E-state index in [2.05, 4.69) is 37.2 Å². The Kier molecular flexibility index (Phi) is 5.25. The Hall–Kier alpha value is -3.90. The summed E-state index contributed by atoms with van der Waals surface area (Å²) in [7, 11) is 0. The molecule has 0 atom stereocenters. The third-order valence-electron chi connectivity index (χ3n) is 4.77. The van der Waals surface area contributed by atoms with Crippen molar-refractivity contribution in [2.24, 2.45) is 0 Å². The lowest BCUT2D eigenvalue weighted by molar-refractivity contribution is -0.143. The predicted molar refractivity (Wildman–Crippen MR) is 119 cm³/mol. The van der Waals surface area contributed by atoms with Gasteiger partial charge in [-0.05, 0) is 18.2 Å². The van der Waals surface area contributed by atoms with E-state index in [-0.39, 0.29) is 33.1 Å². The Bertz CT molecular complexity index is 1520. The first-order valence-electron chi connectivity index (χ1n) is 9.50. The number of aromatic nitrogens is 8. The molecule has 5 rings (SSSR count). The van der Waals surface area contributed by atoms with E-state index in [0.717, 1.165) is 10.9 Å². The van der Waals surface area contributed by atoms with Gasteiger partial charge in [0.1, 0.15) is 16.6 Å². The second-order valence-corrected chi connectivity index (χ2v) is 7.72. The van der Waals surface area contributed by atoms with E-state index in [1.807, 2.05) is 0 Å². The maximum Gasteiger partial charge on any atom is 0.434 e. The lowest BCUT2D eigenvalue weighted by atomic mass is 10.2. The molecule has 0 saturated heterocycles. The molecule has 0 aliphatic heterocycles. The normalized spacial score (nSPS) is 11.8. The average molecular weight is 506 g/mol. The molecule has 0 radical (unpaired) electrons. The first-order chi connectivity index (χ1) is 16.2. The van der Waals surface area contributed by atoms with Crippen LogP contribution in [0.3, 0.4) is 0 Å². The molecule has 5 aromatic heterocycles. The van der Waals surface area contributed by atoms with E-state index in [4.69, 9.17) is 23.2 Å². The van der Waals surface area contributed by atoms with Gasteiger partial charge in [0.25, 0.3) is 0 Å². The number of nitrogens with zero attached hydrogens (tertiary/aromatic N) is 8. The van der Waals surface area contributed by atoms with Crippen LogP contribution in [0, 0.1) is 0 Å². The molecular weight excluding hydrogens is 494 g/mol. The van der Waals surface area contributed by atoms with E-state index < -0.39 is 11.9 Å². The number of fused-ring (bicyclic) bond motifs is 1. The number of hydrogen-bond donors (Lipinski definition) is 1. The fraction of sp³-hybridized carbons (Fsp3) is 0.0500. The maximum absolute atomic E-state index is 14.2. The molecule has 0 fully saturated rings. The molecule has 34 heavy (non-hydrogen) atoms. The van der Waals surface area contributed by atoms with Gasteiger partial charge in [0.2, 0.25) is 0 Å². The smallest absolute Gasteiger partial charge is 0.354 e. The van der Waals surface area contributed by atoms with Crippen LogP contribution in [0.25, 0.3) is 23.0 Å². The van der Waals surface area contributed by atoms with Crippen LogP contribution in [0.2, 0.25) is 10.2 Å². The molecule has 9 nitrogen and oxygen atoms in total. The Morgan fingerprint density at radius 1 is 1.00 bits per heavy atom. The molecule has 0 spiro atoms. The van der Waals surface area contributed by atoms with Gasteiger partial charge in [-0.15, -0.1) is 4.80 Å². The quantitative estimate of drug-likeness (QED) is 0.365. The molecule has 0 bridgehead atoms. The highest BCUT2D eigenvalue weighted by Gasteiger charge is 2.40. The van der Waals surface area contributed by atoms with Crippen molar-refractivity contribution in [1.82, 2.24) is 39.1 Å². The minimum atomic E-state index is -4.77. The molecule has 172 valence electrons. The van der Waals surface area contributed by atoms with Crippen LogP contribution in [0.1, 0.15) is 11.3 Å². The molecule has 0 aliphatic rings. The molecular formula is C20H12Cl2F3N9. The van der Waals surface area contributed by atoms with Crippen LogP contribution in [-0.4, -0.2) is 39.1 Å². The Morgan fingerprint density at radius 2 is 1.76 bits per heavy atom. The SMILES string of the molecule is C=C(Nc1cnc(-n2nccn2)c(Cl)c1)c1cnn(-c2cccc3ncc(Cl)n23)c1C(F)(F)F. The maximum atomic E-state index is 14.2. The number of pyridine rings is 2. The van der Waals surface area contributed by atoms with Crippen molar-refractivity contribution in [3.05, 3.63) is 83.3 Å². The van der Waals surface area contributed by atoms with E-state index >= 15 is 0 Å². The summed E-state index contributed by atoms with van der Waals surface area (Å²) in [6.45, 7) is 3.76. The van der Waals surface area contributed by atoms with Gasteiger partial charge < -0.3 is 5.32 Å². The van der Waals surface area contributed by atoms with Gasteiger partial charge in [-0.3, -0.25) is 4.40 Å². The van der Waals surface area contributed by atoms with Gasteiger partial charge in [0, 0.05) is 11.3 Å². The van der Waals surface area contributed by atoms with Gasteiger partial charge in [0.05, 0.1) is 41.7 Å². The number of hydrogen-bond acceptors (Lipinski definition) is 6. The average Bonchev–Trinajstić information content (AvgIpc) is 3.53. The van der Waals surface area contributed by atoms with Crippen molar-refractivity contribution in [1.29, 1.82) is 0 Å². The predicted octanol–water partition coefficient (Wildman–Crippen LogP) is 4.90. The van der Waals surface area contributed by atoms with E-state index in [1.165, 1.54) is 46.1 Å². The second kappa shape index (κ2) is 8.15. The van der Waals surface area contributed by atoms with Crippen LogP contribution in [0.5, 0.6) is 0 Å². The summed E-state index contributed by atoms with van der Waals surface area (Å²) >= 11 is 12.4. The number of nitrogens with one attached hydrogen (secondary N) is 1. The zero-order valence-corrected chi connectivity index (χ0v) is 18.4. The largest absolute Gasteiger partial charge is 0.434 e. The Balaban J connectivity index is 1.53. The molecule has 0 saturated carbocycles. The van der Waals surface area contributed by atoms with Gasteiger partial charge in [-0.25, -0.2) is 14.6 Å². The summed E-state index contributed by atoms with van der Waals surface area (Å²) in [5, 5.41) is 15.0. The van der Waals surface area contributed by atoms with Crippen LogP contribution >= 0.6 is 23.2 Å². The molecule has 0 unspecified atom stereocenters. The monoisotopic (exact) mass is 505 g/mol. The molecule has 14 heteroatoms. The summed E-state index contributed by atoms with van der Waals surface area (Å²) < 4.78 is 44.7. The summed E-state index contributed by atoms with van der Waals surface area (Å²) in [5.74, 6) is 0.323. The molecule has 5 heterocycles. The van der Waals surface area contributed by atoms with Crippen LogP contribution in [-0.2, 0) is 6.18 Å². The van der Waals surface area contributed by atoms with Gasteiger partial charge in [-0.2, -0.15) is 28.5 Å². The van der Waals surface area contributed by atoms with Crippen molar-refractivity contribution in [2.45, 2.75) is 6.18 Å². The van der Waals surface area contributed by atoms with E-state index in [1.54, 1.807) is 12.1 Å². The number of alkyl halides is 3. The van der Waals surface area contributed by atoms with Crippen molar-refractivity contribution in [2.75, 3.05) is 5.32 Å². The number of halogens is 5. The van der Waals surface area contributed by atoms with Crippen LogP contribution < -0.4 is 5.32 Å². The highest BCUT2D eigenvalue weighted by molar-refractivity contribution is 6.32. The topological polar surface area (TPSA) is 90.8 Å². The highest BCUT2D eigenvalue weighted by atomic mass is 35.5. The van der Waals surface area contributed by atoms with E-state index in [9.17, 15) is 13.2 Å². The molecule has 1 N–H and O–H groups in total. The number of anilines is 1. The lowest BCUT2D eigenvalue weighted by Gasteiger charge is -2.16. The first kappa shape index (κ1) is 21.9. The zero-order valence-electron chi connectivity index (χ0n) is 16.9. The van der Waals surface area contributed by atoms with E-state index in [0.29, 0.717) is 11.3 Å². The van der Waals surface area contributed by atoms with Crippen molar-refractivity contribution in [3.63, 3.8) is 0 Å². The third kappa shape index (κ3) is 3.76. The van der Waals surface area contributed by atoms with Gasteiger partial charge in [0.15, 0.2) is 11.5 Å². The van der Waals surface area contributed by atoms with Crippen LogP contribution in [0.15, 0.2) is 61.8 Å². The Labute approximate surface area is 199 Å². The lowest BCUT2D eigenvalue weighted by Crippen LogP contribution is -2.18. The highest BCUT2D eigenvalue weighted by Crippen LogP contribution is 2.37. The van der Waals surface area contributed by atoms with Crippen molar-refractivity contribution < 1.29 is 13.2 Å². The van der Waals surface area contributed by atoms with Gasteiger partial charge in [-0.1, -0.05) is 35.8 Å². The molecule has 0 aromatic carbocycles. The standard InChI is InChI=1S/C20H12Cl2F3N9/c1-11(31-12-7-14(21)19(27-8-12)34-28-5-6-29-34)13-9-30-33(18(13)20(23,24)25)17-4-2-3-16-26-10-15(22)32(16)17/h2-10,31H,1H2. The summed E-state index contributed by atoms with van der Waals surface area (Å²) in [4.78, 5) is 9.46. The first-order valence-corrected chi connectivity index (χ1v) is 10.3. The Morgan fingerprint density at radius 3 is 2.47 bits per heavy atom. The minimum Gasteiger partial charge on any atom is -0.354 e. The summed E-state index contributed by atoms with van der Waals surface area (Å²) in [6, 6.07) is 6.11. The fourth-order valence-corrected chi connectivity index (χ4v) is 3.84. The van der Waals surface area contributed by atoms with Crippen molar-refractivity contribution >= 4 is 40.2 Å². The van der Waals surface area contributed by atoms with Crippen molar-refractivity contribution in [3.8, 4) is 11.6 Å². The molecule has 0 aliphatic carbocycles.